The van der Waals surface area contributed by atoms with E-state index in [2.05, 4.69) is 0 Å². The molecule has 0 heterocycles. The number of halogens is 2. The van der Waals surface area contributed by atoms with Gasteiger partial charge in [0.25, 0.3) is 0 Å². The highest BCUT2D eigenvalue weighted by Gasteiger charge is 2.21. The van der Waals surface area contributed by atoms with E-state index in [1.807, 2.05) is 31.0 Å². The second kappa shape index (κ2) is 6.78. The molecule has 2 aromatic rings. The molecule has 0 radical (unpaired) electrons. The zero-order chi connectivity index (χ0) is 15.4. The summed E-state index contributed by atoms with van der Waals surface area (Å²) >= 11 is 0. The molecule has 2 aromatic carbocycles. The van der Waals surface area contributed by atoms with E-state index in [1.54, 1.807) is 12.1 Å². The maximum absolute atomic E-state index is 13.4. The molecule has 2 atom stereocenters. The van der Waals surface area contributed by atoms with E-state index < -0.39 is 0 Å². The fourth-order valence-electron chi connectivity index (χ4n) is 2.67. The second-order valence-electron chi connectivity index (χ2n) is 5.40. The lowest BCUT2D eigenvalue weighted by Crippen LogP contribution is -2.37. The van der Waals surface area contributed by atoms with Gasteiger partial charge in [0.15, 0.2) is 0 Å². The third-order valence-corrected chi connectivity index (χ3v) is 3.48. The van der Waals surface area contributed by atoms with Gasteiger partial charge in [-0.25, -0.2) is 8.78 Å². The number of hydrogen-bond donors (Lipinski definition) is 1. The third kappa shape index (κ3) is 4.09. The van der Waals surface area contributed by atoms with Gasteiger partial charge in [-0.2, -0.15) is 0 Å². The van der Waals surface area contributed by atoms with Crippen LogP contribution in [-0.2, 0) is 6.54 Å². The van der Waals surface area contributed by atoms with E-state index in [1.165, 1.54) is 24.3 Å². The lowest BCUT2D eigenvalue weighted by atomic mass is 9.99. The maximum Gasteiger partial charge on any atom is 0.123 e. The van der Waals surface area contributed by atoms with Crippen molar-refractivity contribution < 1.29 is 8.78 Å². The first-order valence-electron chi connectivity index (χ1n) is 6.93. The summed E-state index contributed by atoms with van der Waals surface area (Å²) in [6.07, 6.45) is 0. The number of nitrogens with zero attached hydrogens (tertiary/aromatic N) is 1. The third-order valence-electron chi connectivity index (χ3n) is 3.48. The van der Waals surface area contributed by atoms with Crippen molar-refractivity contribution in [2.24, 2.45) is 5.73 Å². The monoisotopic (exact) mass is 290 g/mol. The van der Waals surface area contributed by atoms with Crippen molar-refractivity contribution in [1.29, 1.82) is 0 Å². The molecule has 0 aliphatic rings. The number of hydrogen-bond acceptors (Lipinski definition) is 2. The van der Waals surface area contributed by atoms with Gasteiger partial charge >= 0.3 is 0 Å². The number of benzene rings is 2. The molecule has 112 valence electrons. The zero-order valence-corrected chi connectivity index (χ0v) is 12.3. The van der Waals surface area contributed by atoms with Crippen LogP contribution in [0.5, 0.6) is 0 Å². The van der Waals surface area contributed by atoms with Gasteiger partial charge in [-0.3, -0.25) is 4.90 Å². The molecule has 0 aliphatic heterocycles. The van der Waals surface area contributed by atoms with Crippen molar-refractivity contribution in [2.45, 2.75) is 25.6 Å². The van der Waals surface area contributed by atoms with Crippen molar-refractivity contribution >= 4 is 0 Å². The molecule has 0 saturated heterocycles. The minimum absolute atomic E-state index is 0.135. The van der Waals surface area contributed by atoms with Gasteiger partial charge in [0.1, 0.15) is 11.6 Å². The molecule has 0 amide bonds. The molecule has 2 N–H and O–H groups in total. The molecule has 2 nitrogen and oxygen atoms in total. The van der Waals surface area contributed by atoms with Gasteiger partial charge in [0, 0.05) is 18.6 Å². The fraction of sp³-hybridized carbons (Fsp3) is 0.294. The van der Waals surface area contributed by atoms with Gasteiger partial charge in [0.2, 0.25) is 0 Å². The highest BCUT2D eigenvalue weighted by molar-refractivity contribution is 5.23. The summed E-state index contributed by atoms with van der Waals surface area (Å²) in [7, 11) is 1.91. The van der Waals surface area contributed by atoms with Crippen LogP contribution in [0.2, 0.25) is 0 Å². The van der Waals surface area contributed by atoms with Crippen molar-refractivity contribution in [3.63, 3.8) is 0 Å². The Bertz CT molecular complexity index is 599. The predicted octanol–water partition coefficient (Wildman–Crippen LogP) is 3.49. The highest BCUT2D eigenvalue weighted by atomic mass is 19.1. The summed E-state index contributed by atoms with van der Waals surface area (Å²) in [5.41, 5.74) is 7.75. The van der Waals surface area contributed by atoms with Crippen molar-refractivity contribution in [1.82, 2.24) is 4.90 Å². The summed E-state index contributed by atoms with van der Waals surface area (Å²) in [6, 6.07) is 12.6. The van der Waals surface area contributed by atoms with Crippen molar-refractivity contribution in [3.05, 3.63) is 71.3 Å². The summed E-state index contributed by atoms with van der Waals surface area (Å²) < 4.78 is 26.7. The lowest BCUT2D eigenvalue weighted by Gasteiger charge is -2.31. The Morgan fingerprint density at radius 2 is 1.67 bits per heavy atom. The zero-order valence-electron chi connectivity index (χ0n) is 12.3. The Morgan fingerprint density at radius 3 is 2.24 bits per heavy atom. The molecule has 0 spiro atoms. The molecule has 0 fully saturated rings. The molecule has 0 aliphatic carbocycles. The number of nitrogens with two attached hydrogens (primary N) is 1. The average Bonchev–Trinajstić information content (AvgIpc) is 2.38. The molecular weight excluding hydrogens is 270 g/mol. The van der Waals surface area contributed by atoms with Crippen LogP contribution in [0.15, 0.2) is 48.5 Å². The number of likely N-dealkylation sites (N-methyl/N-ethyl adjacent to an activating group) is 1. The fourth-order valence-corrected chi connectivity index (χ4v) is 2.67. The van der Waals surface area contributed by atoms with Crippen molar-refractivity contribution in [3.8, 4) is 0 Å². The normalized spacial score (nSPS) is 14.2. The van der Waals surface area contributed by atoms with Crippen LogP contribution in [0.3, 0.4) is 0 Å². The van der Waals surface area contributed by atoms with Crippen LogP contribution < -0.4 is 5.73 Å². The van der Waals surface area contributed by atoms with Crippen molar-refractivity contribution in [2.75, 3.05) is 7.05 Å². The maximum atomic E-state index is 13.4. The van der Waals surface area contributed by atoms with E-state index in [0.29, 0.717) is 6.54 Å². The Hall–Kier alpha value is -1.78. The van der Waals surface area contributed by atoms with E-state index >= 15 is 0 Å². The first kappa shape index (κ1) is 15.6. The standard InChI is InChI=1S/C17H20F2N2/c1-12(20)17(14-6-4-8-16(19)10-14)21(2)11-13-5-3-7-15(18)9-13/h3-10,12,17H,11,20H2,1-2H3. The van der Waals surface area contributed by atoms with Gasteiger partial charge in [-0.05, 0) is 49.4 Å². The smallest absolute Gasteiger partial charge is 0.123 e. The van der Waals surface area contributed by atoms with Crippen LogP contribution in [0.25, 0.3) is 0 Å². The average molecular weight is 290 g/mol. The molecule has 0 aromatic heterocycles. The SMILES string of the molecule is CC(N)C(c1cccc(F)c1)N(C)Cc1cccc(F)c1. The topological polar surface area (TPSA) is 29.3 Å². The quantitative estimate of drug-likeness (QED) is 0.913. The van der Waals surface area contributed by atoms with E-state index in [-0.39, 0.29) is 23.7 Å². The van der Waals surface area contributed by atoms with E-state index in [9.17, 15) is 8.78 Å². The van der Waals surface area contributed by atoms with Crippen LogP contribution in [0, 0.1) is 11.6 Å². The Labute approximate surface area is 124 Å². The van der Waals surface area contributed by atoms with E-state index in [0.717, 1.165) is 11.1 Å². The molecule has 4 heteroatoms. The predicted molar refractivity (Wildman–Crippen MR) is 80.7 cm³/mol. The summed E-state index contributed by atoms with van der Waals surface area (Å²) in [6.45, 7) is 2.43. The van der Waals surface area contributed by atoms with Crippen LogP contribution in [0.4, 0.5) is 8.78 Å². The first-order valence-corrected chi connectivity index (χ1v) is 6.93. The van der Waals surface area contributed by atoms with Crippen LogP contribution >= 0.6 is 0 Å². The Balaban J connectivity index is 2.22. The molecule has 2 unspecified atom stereocenters. The van der Waals surface area contributed by atoms with E-state index in [4.69, 9.17) is 5.73 Å². The van der Waals surface area contributed by atoms with Gasteiger partial charge in [0.05, 0.1) is 0 Å². The van der Waals surface area contributed by atoms with Gasteiger partial charge < -0.3 is 5.73 Å². The van der Waals surface area contributed by atoms with Crippen LogP contribution in [0.1, 0.15) is 24.1 Å². The Kier molecular flexibility index (Phi) is 5.04. The first-order chi connectivity index (χ1) is 9.97. The number of rotatable bonds is 5. The second-order valence-corrected chi connectivity index (χ2v) is 5.40. The van der Waals surface area contributed by atoms with Crippen LogP contribution in [-0.4, -0.2) is 18.0 Å². The largest absolute Gasteiger partial charge is 0.326 e. The lowest BCUT2D eigenvalue weighted by molar-refractivity contribution is 0.210. The molecule has 21 heavy (non-hydrogen) atoms. The molecular formula is C17H20F2N2. The minimum atomic E-state index is -0.280. The summed E-state index contributed by atoms with van der Waals surface area (Å²) in [5.74, 6) is -0.540. The highest BCUT2D eigenvalue weighted by Crippen LogP contribution is 2.24. The summed E-state index contributed by atoms with van der Waals surface area (Å²) in [4.78, 5) is 2.01. The van der Waals surface area contributed by atoms with Gasteiger partial charge in [-0.15, -0.1) is 0 Å². The molecule has 0 saturated carbocycles. The molecule has 0 bridgehead atoms. The molecule has 2 rings (SSSR count). The summed E-state index contributed by atoms with van der Waals surface area (Å²) in [5, 5.41) is 0. The minimum Gasteiger partial charge on any atom is -0.326 e. The van der Waals surface area contributed by atoms with Gasteiger partial charge in [-0.1, -0.05) is 24.3 Å². The Morgan fingerprint density at radius 1 is 1.05 bits per heavy atom.